The van der Waals surface area contributed by atoms with Crippen LogP contribution in [0.1, 0.15) is 27.2 Å². The molecule has 1 heterocycles. The molecule has 1 N–H and O–H groups in total. The SMILES string of the molecule is CC1CC(C)(C)ON1. The minimum atomic E-state index is 0.0550. The summed E-state index contributed by atoms with van der Waals surface area (Å²) in [6.07, 6.45) is 1.10. The Kier molecular flexibility index (Phi) is 1.29. The van der Waals surface area contributed by atoms with Gasteiger partial charge in [0.25, 0.3) is 0 Å². The van der Waals surface area contributed by atoms with E-state index in [1.54, 1.807) is 0 Å². The summed E-state index contributed by atoms with van der Waals surface area (Å²) < 4.78 is 0. The van der Waals surface area contributed by atoms with E-state index >= 15 is 0 Å². The molecule has 1 rings (SSSR count). The van der Waals surface area contributed by atoms with Crippen LogP contribution in [-0.4, -0.2) is 11.6 Å². The lowest BCUT2D eigenvalue weighted by atomic mass is 10.0. The molecule has 8 heavy (non-hydrogen) atoms. The smallest absolute Gasteiger partial charge is 0.0856 e. The Hall–Kier alpha value is -0.0800. The average Bonchev–Trinajstić information content (AvgIpc) is 1.82. The second-order valence-corrected chi connectivity index (χ2v) is 3.08. The number of nitrogens with one attached hydrogen (secondary N) is 1. The Labute approximate surface area is 50.2 Å². The van der Waals surface area contributed by atoms with E-state index in [0.29, 0.717) is 6.04 Å². The molecule has 0 aromatic carbocycles. The van der Waals surface area contributed by atoms with E-state index in [2.05, 4.69) is 26.3 Å². The van der Waals surface area contributed by atoms with Crippen LogP contribution < -0.4 is 5.48 Å². The molecule has 48 valence electrons. The average molecular weight is 115 g/mol. The van der Waals surface area contributed by atoms with Gasteiger partial charge in [-0.25, -0.2) is 0 Å². The van der Waals surface area contributed by atoms with E-state index in [4.69, 9.17) is 4.84 Å². The second kappa shape index (κ2) is 1.71. The summed E-state index contributed by atoms with van der Waals surface area (Å²) in [6, 6.07) is 0.519. The molecule has 0 radical (unpaired) electrons. The van der Waals surface area contributed by atoms with Crippen molar-refractivity contribution in [3.63, 3.8) is 0 Å². The third-order valence-electron chi connectivity index (χ3n) is 1.33. The Bertz CT molecular complexity index is 90.5. The minimum Gasteiger partial charge on any atom is -0.295 e. The summed E-state index contributed by atoms with van der Waals surface area (Å²) in [7, 11) is 0. The largest absolute Gasteiger partial charge is 0.295 e. The fourth-order valence-corrected chi connectivity index (χ4v) is 1.08. The normalized spacial score (nSPS) is 35.6. The molecule has 2 heteroatoms. The van der Waals surface area contributed by atoms with Gasteiger partial charge in [-0.05, 0) is 27.2 Å². The second-order valence-electron chi connectivity index (χ2n) is 3.08. The van der Waals surface area contributed by atoms with Crippen molar-refractivity contribution in [3.8, 4) is 0 Å². The summed E-state index contributed by atoms with van der Waals surface area (Å²) >= 11 is 0. The zero-order valence-corrected chi connectivity index (χ0v) is 5.69. The molecule has 0 amide bonds. The maximum Gasteiger partial charge on any atom is 0.0856 e. The van der Waals surface area contributed by atoms with Crippen LogP contribution in [0.3, 0.4) is 0 Å². The fourth-order valence-electron chi connectivity index (χ4n) is 1.08. The van der Waals surface area contributed by atoms with Crippen LogP contribution in [0.25, 0.3) is 0 Å². The molecule has 1 atom stereocenters. The first kappa shape index (κ1) is 6.05. The van der Waals surface area contributed by atoms with Crippen molar-refractivity contribution < 1.29 is 4.84 Å². The van der Waals surface area contributed by atoms with Crippen LogP contribution in [-0.2, 0) is 4.84 Å². The molecule has 1 unspecified atom stereocenters. The lowest BCUT2D eigenvalue weighted by Gasteiger charge is -2.12. The standard InChI is InChI=1S/C6H13NO/c1-5-4-6(2,3)8-7-5/h5,7H,4H2,1-3H3. The van der Waals surface area contributed by atoms with E-state index < -0.39 is 0 Å². The van der Waals surface area contributed by atoms with Crippen LogP contribution in [0.4, 0.5) is 0 Å². The van der Waals surface area contributed by atoms with Gasteiger partial charge in [0.05, 0.1) is 5.60 Å². The van der Waals surface area contributed by atoms with Crippen molar-refractivity contribution in [1.29, 1.82) is 0 Å². The molecule has 2 nitrogen and oxygen atoms in total. The van der Waals surface area contributed by atoms with Gasteiger partial charge in [-0.2, -0.15) is 5.48 Å². The molecular formula is C6H13NO. The van der Waals surface area contributed by atoms with Crippen molar-refractivity contribution in [2.45, 2.75) is 38.8 Å². The quantitative estimate of drug-likeness (QED) is 0.510. The monoisotopic (exact) mass is 115 g/mol. The third-order valence-corrected chi connectivity index (χ3v) is 1.33. The Morgan fingerprint density at radius 1 is 1.62 bits per heavy atom. The van der Waals surface area contributed by atoms with Crippen LogP contribution in [0, 0.1) is 0 Å². The molecule has 0 aromatic rings. The zero-order chi connectivity index (χ0) is 6.20. The van der Waals surface area contributed by atoms with Crippen LogP contribution >= 0.6 is 0 Å². The summed E-state index contributed by atoms with van der Waals surface area (Å²) in [5.74, 6) is 0. The van der Waals surface area contributed by atoms with Crippen LogP contribution in [0.2, 0.25) is 0 Å². The van der Waals surface area contributed by atoms with Gasteiger partial charge in [0.1, 0.15) is 0 Å². The maximum absolute atomic E-state index is 5.20. The number of hydrogen-bond acceptors (Lipinski definition) is 2. The number of rotatable bonds is 0. The first-order chi connectivity index (χ1) is 3.60. The van der Waals surface area contributed by atoms with Crippen molar-refractivity contribution in [2.75, 3.05) is 0 Å². The highest BCUT2D eigenvalue weighted by atomic mass is 16.7. The van der Waals surface area contributed by atoms with Gasteiger partial charge >= 0.3 is 0 Å². The Morgan fingerprint density at radius 2 is 2.25 bits per heavy atom. The highest BCUT2D eigenvalue weighted by Crippen LogP contribution is 2.21. The number of hydrogen-bond donors (Lipinski definition) is 1. The molecule has 0 bridgehead atoms. The minimum absolute atomic E-state index is 0.0550. The Morgan fingerprint density at radius 3 is 2.38 bits per heavy atom. The van der Waals surface area contributed by atoms with E-state index in [1.807, 2.05) is 0 Å². The van der Waals surface area contributed by atoms with E-state index in [1.165, 1.54) is 0 Å². The van der Waals surface area contributed by atoms with Gasteiger partial charge in [0.15, 0.2) is 0 Å². The van der Waals surface area contributed by atoms with E-state index in [0.717, 1.165) is 6.42 Å². The fraction of sp³-hybridized carbons (Fsp3) is 1.00. The Balaban J connectivity index is 2.44. The summed E-state index contributed by atoms with van der Waals surface area (Å²) in [5, 5.41) is 0. The van der Waals surface area contributed by atoms with Crippen molar-refractivity contribution in [2.24, 2.45) is 0 Å². The molecule has 1 aliphatic heterocycles. The van der Waals surface area contributed by atoms with Gasteiger partial charge in [0.2, 0.25) is 0 Å². The van der Waals surface area contributed by atoms with Gasteiger partial charge in [0, 0.05) is 6.04 Å². The first-order valence-corrected chi connectivity index (χ1v) is 3.04. The molecule has 1 saturated heterocycles. The molecular weight excluding hydrogens is 102 g/mol. The summed E-state index contributed by atoms with van der Waals surface area (Å²) in [4.78, 5) is 5.20. The molecule has 0 aromatic heterocycles. The lowest BCUT2D eigenvalue weighted by molar-refractivity contribution is -0.0304. The first-order valence-electron chi connectivity index (χ1n) is 3.04. The van der Waals surface area contributed by atoms with Crippen molar-refractivity contribution in [1.82, 2.24) is 5.48 Å². The summed E-state index contributed by atoms with van der Waals surface area (Å²) in [5.41, 5.74) is 2.96. The van der Waals surface area contributed by atoms with Gasteiger partial charge < -0.3 is 0 Å². The van der Waals surface area contributed by atoms with Gasteiger partial charge in [-0.3, -0.25) is 4.84 Å². The number of hydroxylamine groups is 1. The molecule has 0 saturated carbocycles. The van der Waals surface area contributed by atoms with Crippen molar-refractivity contribution >= 4 is 0 Å². The predicted molar refractivity (Wildman–Crippen MR) is 32.4 cm³/mol. The molecule has 0 aliphatic carbocycles. The van der Waals surface area contributed by atoms with E-state index in [9.17, 15) is 0 Å². The van der Waals surface area contributed by atoms with Crippen LogP contribution in [0.15, 0.2) is 0 Å². The highest BCUT2D eigenvalue weighted by molar-refractivity contribution is 4.78. The lowest BCUT2D eigenvalue weighted by Crippen LogP contribution is -2.19. The van der Waals surface area contributed by atoms with Crippen molar-refractivity contribution in [3.05, 3.63) is 0 Å². The topological polar surface area (TPSA) is 21.3 Å². The van der Waals surface area contributed by atoms with Gasteiger partial charge in [-0.15, -0.1) is 0 Å². The predicted octanol–water partition coefficient (Wildman–Crippen LogP) is 1.08. The van der Waals surface area contributed by atoms with Gasteiger partial charge in [-0.1, -0.05) is 0 Å². The third kappa shape index (κ3) is 1.20. The van der Waals surface area contributed by atoms with Crippen LogP contribution in [0.5, 0.6) is 0 Å². The maximum atomic E-state index is 5.20. The zero-order valence-electron chi connectivity index (χ0n) is 5.69. The summed E-state index contributed by atoms with van der Waals surface area (Å²) in [6.45, 7) is 6.29. The van der Waals surface area contributed by atoms with E-state index in [-0.39, 0.29) is 5.60 Å². The highest BCUT2D eigenvalue weighted by Gasteiger charge is 2.28. The molecule has 1 aliphatic rings. The molecule has 1 fully saturated rings. The molecule has 0 spiro atoms.